The molecule has 0 aliphatic carbocycles. The minimum Gasteiger partial charge on any atom is -0.487 e. The topological polar surface area (TPSA) is 89.9 Å². The van der Waals surface area contributed by atoms with Crippen molar-refractivity contribution >= 4 is 17.5 Å². The van der Waals surface area contributed by atoms with Crippen molar-refractivity contribution in [3.05, 3.63) is 53.2 Å². The quantitative estimate of drug-likeness (QED) is 0.775. The first-order valence-corrected chi connectivity index (χ1v) is 10.6. The first kappa shape index (κ1) is 21.7. The van der Waals surface area contributed by atoms with Gasteiger partial charge in [-0.25, -0.2) is 9.98 Å². The molecule has 0 saturated carbocycles. The van der Waals surface area contributed by atoms with E-state index in [0.717, 1.165) is 28.0 Å². The number of nitrogens with zero attached hydrogens (tertiary/aromatic N) is 2. The first-order chi connectivity index (χ1) is 15.2. The van der Waals surface area contributed by atoms with Crippen LogP contribution in [0.4, 0.5) is 0 Å². The lowest BCUT2D eigenvalue weighted by atomic mass is 9.94. The third-order valence-electron chi connectivity index (χ3n) is 5.72. The number of methoxy groups -OCH3 is 1. The standard InChI is InChI=1S/C25H27N3O4/c1-14-8-15(2)28-24(30)20(14)13-27-23(29)17-9-18-11-25(3,4)32-22(18)19(10-17)16-6-7-21(31-5)26-12-16/h6-10,12,20H,11,13H2,1-5H3,(H,27,29). The minimum atomic E-state index is -0.440. The molecule has 2 amide bonds. The van der Waals surface area contributed by atoms with Crippen LogP contribution in [-0.4, -0.2) is 41.8 Å². The van der Waals surface area contributed by atoms with Gasteiger partial charge in [-0.15, -0.1) is 0 Å². The third kappa shape index (κ3) is 4.28. The number of pyridine rings is 1. The summed E-state index contributed by atoms with van der Waals surface area (Å²) >= 11 is 0. The maximum absolute atomic E-state index is 13.1. The molecule has 7 heteroatoms. The van der Waals surface area contributed by atoms with Crippen LogP contribution in [0.25, 0.3) is 11.1 Å². The third-order valence-corrected chi connectivity index (χ3v) is 5.72. The Morgan fingerprint density at radius 1 is 1.28 bits per heavy atom. The van der Waals surface area contributed by atoms with Gasteiger partial charge >= 0.3 is 0 Å². The van der Waals surface area contributed by atoms with Gasteiger partial charge in [-0.2, -0.15) is 0 Å². The molecule has 166 valence electrons. The number of carbonyl (C=O) groups excluding carboxylic acids is 2. The summed E-state index contributed by atoms with van der Waals surface area (Å²) in [5.74, 6) is 0.372. The number of amides is 2. The molecule has 2 aliphatic heterocycles. The average molecular weight is 434 g/mol. The van der Waals surface area contributed by atoms with Gasteiger partial charge < -0.3 is 14.8 Å². The number of hydrogen-bond donors (Lipinski definition) is 1. The average Bonchev–Trinajstić information content (AvgIpc) is 3.06. The second-order valence-electron chi connectivity index (χ2n) is 8.88. The molecule has 0 saturated heterocycles. The Hall–Kier alpha value is -3.48. The van der Waals surface area contributed by atoms with E-state index in [2.05, 4.69) is 15.3 Å². The van der Waals surface area contributed by atoms with E-state index in [1.54, 1.807) is 26.3 Å². The van der Waals surface area contributed by atoms with Gasteiger partial charge in [-0.3, -0.25) is 9.59 Å². The van der Waals surface area contributed by atoms with E-state index >= 15 is 0 Å². The van der Waals surface area contributed by atoms with Crippen LogP contribution in [0.2, 0.25) is 0 Å². The molecule has 0 bridgehead atoms. The SMILES string of the molecule is COc1ccc(-c2cc(C(=O)NCC3C(=O)N=C(C)C=C3C)cc3c2OC(C)(C)C3)cn1. The molecule has 1 unspecified atom stereocenters. The Morgan fingerprint density at radius 3 is 2.72 bits per heavy atom. The number of nitrogens with one attached hydrogen (secondary N) is 1. The summed E-state index contributed by atoms with van der Waals surface area (Å²) in [5, 5.41) is 2.91. The van der Waals surface area contributed by atoms with Gasteiger partial charge in [-0.05, 0) is 57.5 Å². The summed E-state index contributed by atoms with van der Waals surface area (Å²) in [6.07, 6.45) is 4.28. The summed E-state index contributed by atoms with van der Waals surface area (Å²) in [4.78, 5) is 33.6. The molecule has 1 N–H and O–H groups in total. The number of aliphatic imine (C=N–C) groups is 1. The molecule has 2 aromatic rings. The number of allylic oxidation sites excluding steroid dienone is 1. The highest BCUT2D eigenvalue weighted by atomic mass is 16.5. The van der Waals surface area contributed by atoms with Gasteiger partial charge in [0.2, 0.25) is 5.88 Å². The van der Waals surface area contributed by atoms with Crippen molar-refractivity contribution < 1.29 is 19.1 Å². The van der Waals surface area contributed by atoms with Crippen LogP contribution in [0.3, 0.4) is 0 Å². The van der Waals surface area contributed by atoms with Crippen molar-refractivity contribution in [2.75, 3.05) is 13.7 Å². The van der Waals surface area contributed by atoms with Crippen LogP contribution in [0, 0.1) is 5.92 Å². The Kier molecular flexibility index (Phi) is 5.59. The molecular weight excluding hydrogens is 406 g/mol. The van der Waals surface area contributed by atoms with E-state index in [1.807, 2.05) is 45.0 Å². The Balaban J connectivity index is 1.62. The normalized spacial score (nSPS) is 18.9. The lowest BCUT2D eigenvalue weighted by molar-refractivity contribution is -0.120. The van der Waals surface area contributed by atoms with Crippen molar-refractivity contribution in [2.24, 2.45) is 10.9 Å². The van der Waals surface area contributed by atoms with Crippen LogP contribution >= 0.6 is 0 Å². The highest BCUT2D eigenvalue weighted by molar-refractivity contribution is 6.06. The Morgan fingerprint density at radius 2 is 2.06 bits per heavy atom. The zero-order chi connectivity index (χ0) is 23.0. The fraction of sp³-hybridized carbons (Fsp3) is 0.360. The minimum absolute atomic E-state index is 0.204. The van der Waals surface area contributed by atoms with Crippen LogP contribution in [-0.2, 0) is 11.2 Å². The van der Waals surface area contributed by atoms with Gasteiger partial charge in [0.15, 0.2) is 0 Å². The van der Waals surface area contributed by atoms with E-state index in [0.29, 0.717) is 23.6 Å². The van der Waals surface area contributed by atoms with Crippen LogP contribution in [0.1, 0.15) is 43.6 Å². The van der Waals surface area contributed by atoms with Gasteiger partial charge in [0.05, 0.1) is 13.0 Å². The van der Waals surface area contributed by atoms with E-state index in [-0.39, 0.29) is 24.0 Å². The highest BCUT2D eigenvalue weighted by Crippen LogP contribution is 2.43. The van der Waals surface area contributed by atoms with Gasteiger partial charge in [0, 0.05) is 47.6 Å². The molecule has 7 nitrogen and oxygen atoms in total. The molecule has 3 heterocycles. The predicted octanol–water partition coefficient (Wildman–Crippen LogP) is 3.76. The maximum Gasteiger partial charge on any atom is 0.254 e. The monoisotopic (exact) mass is 433 g/mol. The molecule has 1 aromatic heterocycles. The number of rotatable bonds is 5. The zero-order valence-corrected chi connectivity index (χ0v) is 19.0. The second kappa shape index (κ2) is 8.22. The number of benzene rings is 1. The number of dihydropyridines is 1. The zero-order valence-electron chi connectivity index (χ0n) is 19.0. The fourth-order valence-corrected chi connectivity index (χ4v) is 4.17. The van der Waals surface area contributed by atoms with Crippen LogP contribution in [0.15, 0.2) is 47.1 Å². The molecular formula is C25H27N3O4. The number of aromatic nitrogens is 1. The summed E-state index contributed by atoms with van der Waals surface area (Å²) in [7, 11) is 1.57. The second-order valence-corrected chi connectivity index (χ2v) is 8.88. The maximum atomic E-state index is 13.1. The molecule has 32 heavy (non-hydrogen) atoms. The summed E-state index contributed by atoms with van der Waals surface area (Å²) in [5.41, 5.74) is 4.35. The predicted molar refractivity (Wildman–Crippen MR) is 122 cm³/mol. The smallest absolute Gasteiger partial charge is 0.254 e. The number of ether oxygens (including phenoxy) is 2. The van der Waals surface area contributed by atoms with Crippen LogP contribution in [0.5, 0.6) is 11.6 Å². The molecule has 1 aromatic carbocycles. The molecule has 2 aliphatic rings. The van der Waals surface area contributed by atoms with Crippen molar-refractivity contribution in [2.45, 2.75) is 39.7 Å². The summed E-state index contributed by atoms with van der Waals surface area (Å²) in [6, 6.07) is 7.36. The van der Waals surface area contributed by atoms with Crippen molar-refractivity contribution in [1.82, 2.24) is 10.3 Å². The Labute approximate surface area is 187 Å². The number of hydrogen-bond acceptors (Lipinski definition) is 5. The summed E-state index contributed by atoms with van der Waals surface area (Å²) in [6.45, 7) is 7.93. The van der Waals surface area contributed by atoms with E-state index in [4.69, 9.17) is 9.47 Å². The molecule has 0 radical (unpaired) electrons. The van der Waals surface area contributed by atoms with Gasteiger partial charge in [-0.1, -0.05) is 5.57 Å². The first-order valence-electron chi connectivity index (χ1n) is 10.6. The van der Waals surface area contributed by atoms with Gasteiger partial charge in [0.1, 0.15) is 11.4 Å². The van der Waals surface area contributed by atoms with Crippen molar-refractivity contribution in [3.63, 3.8) is 0 Å². The van der Waals surface area contributed by atoms with E-state index < -0.39 is 5.92 Å². The molecule has 0 fully saturated rings. The van der Waals surface area contributed by atoms with E-state index in [1.165, 1.54) is 0 Å². The van der Waals surface area contributed by atoms with Gasteiger partial charge in [0.25, 0.3) is 11.8 Å². The largest absolute Gasteiger partial charge is 0.487 e. The lowest BCUT2D eigenvalue weighted by Crippen LogP contribution is -2.34. The van der Waals surface area contributed by atoms with Crippen LogP contribution < -0.4 is 14.8 Å². The highest BCUT2D eigenvalue weighted by Gasteiger charge is 2.33. The summed E-state index contributed by atoms with van der Waals surface area (Å²) < 4.78 is 11.4. The Bertz CT molecular complexity index is 1150. The number of carbonyl (C=O) groups is 2. The molecule has 1 atom stereocenters. The van der Waals surface area contributed by atoms with Crippen molar-refractivity contribution in [3.8, 4) is 22.8 Å². The fourth-order valence-electron chi connectivity index (χ4n) is 4.17. The molecule has 0 spiro atoms. The van der Waals surface area contributed by atoms with Crippen molar-refractivity contribution in [1.29, 1.82) is 0 Å². The molecule has 4 rings (SSSR count). The number of fused-ring (bicyclic) bond motifs is 1. The lowest BCUT2D eigenvalue weighted by Gasteiger charge is -2.19. The van der Waals surface area contributed by atoms with E-state index in [9.17, 15) is 9.59 Å².